The fraction of sp³-hybridized carbons (Fsp3) is 0. The molecule has 0 spiro atoms. The van der Waals surface area contributed by atoms with E-state index in [1.54, 1.807) is 0 Å². The van der Waals surface area contributed by atoms with Crippen LogP contribution in [0.2, 0.25) is 0 Å². The lowest BCUT2D eigenvalue weighted by atomic mass is 9.95. The SMILES string of the molecule is c1ccc(-c2nc(-c3ccccc3)nc(-c3cc(-c4ccc5sc6ccc7ccccc7c6c5c4)c4c(c3)sc3ccccc34)n2)cc1. The van der Waals surface area contributed by atoms with Crippen LogP contribution in [-0.4, -0.2) is 15.0 Å². The normalized spacial score (nSPS) is 11.8. The summed E-state index contributed by atoms with van der Waals surface area (Å²) in [6, 6.07) is 53.8. The van der Waals surface area contributed by atoms with Crippen molar-refractivity contribution in [2.45, 2.75) is 0 Å². The van der Waals surface area contributed by atoms with Crippen molar-refractivity contribution in [3.63, 3.8) is 0 Å². The molecular weight excluding hydrogens is 623 g/mol. The average molecular weight is 648 g/mol. The van der Waals surface area contributed by atoms with E-state index in [0.717, 1.165) is 16.7 Å². The van der Waals surface area contributed by atoms with Gasteiger partial charge >= 0.3 is 0 Å². The fourth-order valence-corrected chi connectivity index (χ4v) is 9.14. The molecule has 0 saturated carbocycles. The number of rotatable bonds is 4. The maximum Gasteiger partial charge on any atom is 0.164 e. The summed E-state index contributed by atoms with van der Waals surface area (Å²) < 4.78 is 5.09. The first-order valence-electron chi connectivity index (χ1n) is 15.9. The van der Waals surface area contributed by atoms with E-state index in [1.807, 2.05) is 59.1 Å². The molecule has 48 heavy (non-hydrogen) atoms. The number of nitrogens with zero attached hydrogens (tertiary/aromatic N) is 3. The largest absolute Gasteiger partial charge is 0.208 e. The second kappa shape index (κ2) is 10.9. The molecular formula is C43H25N3S2. The summed E-state index contributed by atoms with van der Waals surface area (Å²) in [6.45, 7) is 0. The van der Waals surface area contributed by atoms with Crippen molar-refractivity contribution in [2.24, 2.45) is 0 Å². The molecule has 3 nitrogen and oxygen atoms in total. The highest BCUT2D eigenvalue weighted by molar-refractivity contribution is 7.26. The molecule has 0 aliphatic heterocycles. The van der Waals surface area contributed by atoms with Crippen LogP contribution < -0.4 is 0 Å². The molecule has 0 aliphatic carbocycles. The topological polar surface area (TPSA) is 38.7 Å². The number of benzene rings is 7. The van der Waals surface area contributed by atoms with Crippen molar-refractivity contribution >= 4 is 73.8 Å². The van der Waals surface area contributed by atoms with Gasteiger partial charge in [0.25, 0.3) is 0 Å². The first-order chi connectivity index (χ1) is 23.8. The average Bonchev–Trinajstić information content (AvgIpc) is 3.73. The second-order valence-electron chi connectivity index (χ2n) is 12.0. The summed E-state index contributed by atoms with van der Waals surface area (Å²) in [7, 11) is 0. The molecule has 224 valence electrons. The second-order valence-corrected chi connectivity index (χ2v) is 14.2. The van der Waals surface area contributed by atoms with E-state index < -0.39 is 0 Å². The Morgan fingerprint density at radius 1 is 0.333 bits per heavy atom. The lowest BCUT2D eigenvalue weighted by Gasteiger charge is -2.11. The minimum atomic E-state index is 0.662. The van der Waals surface area contributed by atoms with Gasteiger partial charge in [0.15, 0.2) is 17.5 Å². The molecule has 0 N–H and O–H groups in total. The smallest absolute Gasteiger partial charge is 0.164 e. The van der Waals surface area contributed by atoms with Gasteiger partial charge in [-0.25, -0.2) is 15.0 Å². The maximum absolute atomic E-state index is 5.10. The molecule has 0 unspecified atom stereocenters. The molecule has 10 aromatic rings. The van der Waals surface area contributed by atoms with Gasteiger partial charge in [0.2, 0.25) is 0 Å². The van der Waals surface area contributed by atoms with Crippen LogP contribution in [0, 0.1) is 0 Å². The van der Waals surface area contributed by atoms with E-state index in [0.29, 0.717) is 17.5 Å². The summed E-state index contributed by atoms with van der Waals surface area (Å²) in [5, 5.41) is 7.72. The summed E-state index contributed by atoms with van der Waals surface area (Å²) in [5.41, 5.74) is 5.27. The monoisotopic (exact) mass is 647 g/mol. The lowest BCUT2D eigenvalue weighted by Crippen LogP contribution is -2.00. The Morgan fingerprint density at radius 3 is 1.67 bits per heavy atom. The minimum absolute atomic E-state index is 0.662. The highest BCUT2D eigenvalue weighted by atomic mass is 32.1. The van der Waals surface area contributed by atoms with Crippen LogP contribution in [-0.2, 0) is 0 Å². The molecule has 0 bridgehead atoms. The Labute approximate surface area is 284 Å². The number of hydrogen-bond acceptors (Lipinski definition) is 5. The van der Waals surface area contributed by atoms with Gasteiger partial charge in [0.05, 0.1) is 0 Å². The third kappa shape index (κ3) is 4.43. The Balaban J connectivity index is 1.26. The van der Waals surface area contributed by atoms with Gasteiger partial charge in [-0.1, -0.05) is 115 Å². The number of fused-ring (bicyclic) bond motifs is 8. The molecule has 0 saturated heterocycles. The van der Waals surface area contributed by atoms with Gasteiger partial charge in [0, 0.05) is 57.0 Å². The van der Waals surface area contributed by atoms with Crippen LogP contribution in [0.15, 0.2) is 152 Å². The summed E-state index contributed by atoms with van der Waals surface area (Å²) in [6.07, 6.45) is 0. The van der Waals surface area contributed by atoms with Crippen LogP contribution in [0.3, 0.4) is 0 Å². The summed E-state index contributed by atoms with van der Waals surface area (Å²) >= 11 is 3.68. The van der Waals surface area contributed by atoms with E-state index >= 15 is 0 Å². The first kappa shape index (κ1) is 27.4. The molecule has 3 aromatic heterocycles. The van der Waals surface area contributed by atoms with Crippen molar-refractivity contribution in [1.29, 1.82) is 0 Å². The quantitative estimate of drug-likeness (QED) is 0.191. The minimum Gasteiger partial charge on any atom is -0.208 e. The van der Waals surface area contributed by atoms with Gasteiger partial charge in [-0.2, -0.15) is 0 Å². The van der Waals surface area contributed by atoms with Crippen LogP contribution in [0.25, 0.3) is 96.4 Å². The zero-order chi connectivity index (χ0) is 31.6. The highest BCUT2D eigenvalue weighted by Crippen LogP contribution is 2.45. The number of thiophene rings is 2. The fourth-order valence-electron chi connectivity index (χ4n) is 6.86. The zero-order valence-corrected chi connectivity index (χ0v) is 27.2. The number of hydrogen-bond donors (Lipinski definition) is 0. The predicted molar refractivity (Wildman–Crippen MR) is 205 cm³/mol. The van der Waals surface area contributed by atoms with Crippen molar-refractivity contribution in [1.82, 2.24) is 15.0 Å². The van der Waals surface area contributed by atoms with Crippen molar-refractivity contribution in [2.75, 3.05) is 0 Å². The van der Waals surface area contributed by atoms with Crippen molar-refractivity contribution in [3.8, 4) is 45.3 Å². The van der Waals surface area contributed by atoms with E-state index in [-0.39, 0.29) is 0 Å². The standard InChI is InChI=1S/C43H25N3S2/c1-3-12-27(13-4-1)41-44-42(28-14-5-2-6-15-28)46-43(45-41)30-24-33(40-32-17-9-10-18-35(32)48-38(40)25-30)29-20-21-36-34(23-29)39-31-16-8-7-11-26(31)19-22-37(39)47-36/h1-25H. The summed E-state index contributed by atoms with van der Waals surface area (Å²) in [4.78, 5) is 15.1. The maximum atomic E-state index is 5.10. The predicted octanol–water partition coefficient (Wildman–Crippen LogP) is 12.4. The van der Waals surface area contributed by atoms with Gasteiger partial charge in [-0.05, 0) is 58.3 Å². The van der Waals surface area contributed by atoms with Gasteiger partial charge in [-0.15, -0.1) is 22.7 Å². The van der Waals surface area contributed by atoms with Crippen molar-refractivity contribution < 1.29 is 0 Å². The molecule has 3 heterocycles. The first-order valence-corrected chi connectivity index (χ1v) is 17.6. The third-order valence-corrected chi connectivity index (χ3v) is 11.4. The zero-order valence-electron chi connectivity index (χ0n) is 25.6. The van der Waals surface area contributed by atoms with Crippen LogP contribution in [0.4, 0.5) is 0 Å². The van der Waals surface area contributed by atoms with Crippen LogP contribution in [0.1, 0.15) is 0 Å². The van der Waals surface area contributed by atoms with Gasteiger partial charge in [0.1, 0.15) is 0 Å². The molecule has 0 amide bonds. The van der Waals surface area contributed by atoms with E-state index in [1.165, 1.54) is 62.2 Å². The number of aromatic nitrogens is 3. The van der Waals surface area contributed by atoms with E-state index in [9.17, 15) is 0 Å². The summed E-state index contributed by atoms with van der Waals surface area (Å²) in [5.74, 6) is 1.99. The molecule has 7 aromatic carbocycles. The van der Waals surface area contributed by atoms with Crippen LogP contribution in [0.5, 0.6) is 0 Å². The van der Waals surface area contributed by atoms with Crippen molar-refractivity contribution in [3.05, 3.63) is 152 Å². The van der Waals surface area contributed by atoms with Gasteiger partial charge < -0.3 is 0 Å². The third-order valence-electron chi connectivity index (χ3n) is 9.11. The molecule has 0 fully saturated rings. The Kier molecular flexibility index (Phi) is 6.22. The van der Waals surface area contributed by atoms with E-state index in [4.69, 9.17) is 15.0 Å². The molecule has 0 aliphatic rings. The molecule has 0 atom stereocenters. The van der Waals surface area contributed by atoms with Gasteiger partial charge in [-0.3, -0.25) is 0 Å². The lowest BCUT2D eigenvalue weighted by molar-refractivity contribution is 1.07. The van der Waals surface area contributed by atoms with Crippen LogP contribution >= 0.6 is 22.7 Å². The molecule has 5 heteroatoms. The molecule has 10 rings (SSSR count). The van der Waals surface area contributed by atoms with E-state index in [2.05, 4.69) is 115 Å². The Hall–Kier alpha value is -5.75. The molecule has 0 radical (unpaired) electrons. The highest BCUT2D eigenvalue weighted by Gasteiger charge is 2.19. The Morgan fingerprint density at radius 2 is 0.917 bits per heavy atom. The Bertz CT molecular complexity index is 2780.